The SMILES string of the molecule is CC1(C(=O)O)CCN(C(=O)c2cc3sccc3s2)CC1. The van der Waals surface area contributed by atoms with Gasteiger partial charge in [0.15, 0.2) is 0 Å². The van der Waals surface area contributed by atoms with Gasteiger partial charge in [-0.05, 0) is 37.3 Å². The van der Waals surface area contributed by atoms with Crippen LogP contribution in [0, 0.1) is 5.41 Å². The zero-order chi connectivity index (χ0) is 14.3. The van der Waals surface area contributed by atoms with Crippen LogP contribution in [0.1, 0.15) is 29.4 Å². The molecule has 2 aromatic heterocycles. The minimum atomic E-state index is -0.763. The molecule has 20 heavy (non-hydrogen) atoms. The smallest absolute Gasteiger partial charge is 0.309 e. The molecular weight excluding hydrogens is 294 g/mol. The third kappa shape index (κ3) is 2.23. The quantitative estimate of drug-likeness (QED) is 0.926. The molecule has 1 N–H and O–H groups in total. The molecular formula is C14H15NO3S2. The average molecular weight is 309 g/mol. The lowest BCUT2D eigenvalue weighted by atomic mass is 9.80. The number of nitrogens with zero attached hydrogens (tertiary/aromatic N) is 1. The van der Waals surface area contributed by atoms with E-state index in [0.717, 1.165) is 14.3 Å². The number of amides is 1. The number of rotatable bonds is 2. The van der Waals surface area contributed by atoms with Gasteiger partial charge < -0.3 is 10.0 Å². The fraction of sp³-hybridized carbons (Fsp3) is 0.429. The summed E-state index contributed by atoms with van der Waals surface area (Å²) in [5.74, 6) is -0.730. The number of hydrogen-bond acceptors (Lipinski definition) is 4. The summed E-state index contributed by atoms with van der Waals surface area (Å²) in [4.78, 5) is 26.2. The molecule has 0 atom stereocenters. The van der Waals surface area contributed by atoms with Crippen LogP contribution in [0.2, 0.25) is 0 Å². The summed E-state index contributed by atoms with van der Waals surface area (Å²) in [6, 6.07) is 3.97. The molecule has 0 spiro atoms. The fourth-order valence-corrected chi connectivity index (χ4v) is 4.52. The van der Waals surface area contributed by atoms with Gasteiger partial charge in [-0.2, -0.15) is 0 Å². The number of thiophene rings is 2. The first-order valence-corrected chi connectivity index (χ1v) is 8.19. The van der Waals surface area contributed by atoms with E-state index >= 15 is 0 Å². The van der Waals surface area contributed by atoms with E-state index in [9.17, 15) is 14.7 Å². The maximum atomic E-state index is 12.4. The standard InChI is InChI=1S/C14H15NO3S2/c1-14(13(17)18)3-5-15(6-4-14)12(16)11-8-10-9(20-11)2-7-19-10/h2,7-8H,3-6H2,1H3,(H,17,18). The summed E-state index contributed by atoms with van der Waals surface area (Å²) in [6.45, 7) is 2.80. The average Bonchev–Trinajstić information content (AvgIpc) is 2.99. The summed E-state index contributed by atoms with van der Waals surface area (Å²) in [7, 11) is 0. The second-order valence-electron chi connectivity index (χ2n) is 5.42. The predicted octanol–water partition coefficient (Wildman–Crippen LogP) is 3.29. The van der Waals surface area contributed by atoms with Gasteiger partial charge in [0.05, 0.1) is 10.3 Å². The molecule has 4 nitrogen and oxygen atoms in total. The number of piperidine rings is 1. The van der Waals surface area contributed by atoms with Crippen molar-refractivity contribution >= 4 is 43.9 Å². The minimum absolute atomic E-state index is 0.0332. The number of carboxylic acids is 1. The lowest BCUT2D eigenvalue weighted by molar-refractivity contribution is -0.150. The normalized spacial score (nSPS) is 18.4. The molecule has 1 fully saturated rings. The Morgan fingerprint density at radius 3 is 2.60 bits per heavy atom. The summed E-state index contributed by atoms with van der Waals surface area (Å²) in [6.07, 6.45) is 1.04. The molecule has 0 aromatic carbocycles. The van der Waals surface area contributed by atoms with Crippen molar-refractivity contribution in [1.29, 1.82) is 0 Å². The molecule has 0 aliphatic carbocycles. The van der Waals surface area contributed by atoms with Crippen LogP contribution in [0.15, 0.2) is 17.5 Å². The number of carboxylic acid groups (broad SMARTS) is 1. The molecule has 1 amide bonds. The summed E-state index contributed by atoms with van der Waals surface area (Å²) < 4.78 is 2.29. The van der Waals surface area contributed by atoms with Crippen LogP contribution in [-0.2, 0) is 4.79 Å². The maximum Gasteiger partial charge on any atom is 0.309 e. The zero-order valence-corrected chi connectivity index (χ0v) is 12.7. The Morgan fingerprint density at radius 2 is 2.00 bits per heavy atom. The van der Waals surface area contributed by atoms with E-state index in [-0.39, 0.29) is 5.91 Å². The molecule has 1 aliphatic rings. The number of likely N-dealkylation sites (tertiary alicyclic amines) is 1. The van der Waals surface area contributed by atoms with Gasteiger partial charge in [0.25, 0.3) is 5.91 Å². The molecule has 0 unspecified atom stereocenters. The van der Waals surface area contributed by atoms with E-state index < -0.39 is 11.4 Å². The van der Waals surface area contributed by atoms with E-state index in [4.69, 9.17) is 0 Å². The van der Waals surface area contributed by atoms with Gasteiger partial charge in [0.2, 0.25) is 0 Å². The van der Waals surface area contributed by atoms with Crippen LogP contribution in [0.4, 0.5) is 0 Å². The van der Waals surface area contributed by atoms with Crippen molar-refractivity contribution in [3.63, 3.8) is 0 Å². The Morgan fingerprint density at radius 1 is 1.30 bits per heavy atom. The van der Waals surface area contributed by atoms with Gasteiger partial charge in [0.1, 0.15) is 0 Å². The molecule has 3 rings (SSSR count). The van der Waals surface area contributed by atoms with E-state index in [1.807, 2.05) is 17.5 Å². The molecule has 6 heteroatoms. The van der Waals surface area contributed by atoms with Crippen LogP contribution in [0.5, 0.6) is 0 Å². The molecule has 3 heterocycles. The van der Waals surface area contributed by atoms with Crippen molar-refractivity contribution < 1.29 is 14.7 Å². The highest BCUT2D eigenvalue weighted by Crippen LogP contribution is 2.34. The third-order valence-electron chi connectivity index (χ3n) is 4.02. The van der Waals surface area contributed by atoms with E-state index in [1.165, 1.54) is 11.3 Å². The Labute approximate surface area is 124 Å². The van der Waals surface area contributed by atoms with Gasteiger partial charge >= 0.3 is 5.97 Å². The molecule has 0 saturated carbocycles. The number of carbonyl (C=O) groups excluding carboxylic acids is 1. The number of carbonyl (C=O) groups is 2. The van der Waals surface area contributed by atoms with Gasteiger partial charge in [-0.25, -0.2) is 0 Å². The van der Waals surface area contributed by atoms with Crippen LogP contribution in [-0.4, -0.2) is 35.0 Å². The Kier molecular flexibility index (Phi) is 3.30. The van der Waals surface area contributed by atoms with E-state index in [0.29, 0.717) is 25.9 Å². The fourth-order valence-electron chi connectivity index (χ4n) is 2.44. The Hall–Kier alpha value is -1.40. The molecule has 0 radical (unpaired) electrons. The zero-order valence-electron chi connectivity index (χ0n) is 11.1. The monoisotopic (exact) mass is 309 g/mol. The minimum Gasteiger partial charge on any atom is -0.481 e. The molecule has 106 valence electrons. The highest BCUT2D eigenvalue weighted by Gasteiger charge is 2.38. The van der Waals surface area contributed by atoms with Crippen LogP contribution in [0.25, 0.3) is 9.40 Å². The third-order valence-corrected chi connectivity index (χ3v) is 6.10. The highest BCUT2D eigenvalue weighted by atomic mass is 32.1. The lowest BCUT2D eigenvalue weighted by Gasteiger charge is -2.36. The van der Waals surface area contributed by atoms with Gasteiger partial charge in [-0.15, -0.1) is 22.7 Å². The van der Waals surface area contributed by atoms with Crippen molar-refractivity contribution in [1.82, 2.24) is 4.90 Å². The van der Waals surface area contributed by atoms with Crippen LogP contribution < -0.4 is 0 Å². The number of hydrogen-bond donors (Lipinski definition) is 1. The lowest BCUT2D eigenvalue weighted by Crippen LogP contribution is -2.45. The first-order chi connectivity index (χ1) is 9.49. The van der Waals surface area contributed by atoms with Gasteiger partial charge in [-0.3, -0.25) is 9.59 Å². The summed E-state index contributed by atoms with van der Waals surface area (Å²) in [5, 5.41) is 11.2. The van der Waals surface area contributed by atoms with E-state index in [2.05, 4.69) is 0 Å². The molecule has 0 bridgehead atoms. The van der Waals surface area contributed by atoms with E-state index in [1.54, 1.807) is 23.2 Å². The Bertz CT molecular complexity index is 636. The largest absolute Gasteiger partial charge is 0.481 e. The van der Waals surface area contributed by atoms with Crippen molar-refractivity contribution in [2.75, 3.05) is 13.1 Å². The number of fused-ring (bicyclic) bond motifs is 1. The van der Waals surface area contributed by atoms with Crippen LogP contribution >= 0.6 is 22.7 Å². The van der Waals surface area contributed by atoms with Gasteiger partial charge in [0, 0.05) is 22.5 Å². The van der Waals surface area contributed by atoms with Crippen LogP contribution in [0.3, 0.4) is 0 Å². The second-order valence-corrected chi connectivity index (χ2v) is 7.45. The predicted molar refractivity (Wildman–Crippen MR) is 80.6 cm³/mol. The summed E-state index contributed by atoms with van der Waals surface area (Å²) in [5.41, 5.74) is -0.688. The van der Waals surface area contributed by atoms with Crippen molar-refractivity contribution in [3.8, 4) is 0 Å². The highest BCUT2D eigenvalue weighted by molar-refractivity contribution is 7.27. The molecule has 1 aliphatic heterocycles. The van der Waals surface area contributed by atoms with Crippen molar-refractivity contribution in [2.45, 2.75) is 19.8 Å². The second kappa shape index (κ2) is 4.86. The topological polar surface area (TPSA) is 57.6 Å². The van der Waals surface area contributed by atoms with Gasteiger partial charge in [-0.1, -0.05) is 0 Å². The first kappa shape index (κ1) is 13.6. The maximum absolute atomic E-state index is 12.4. The summed E-state index contributed by atoms with van der Waals surface area (Å²) >= 11 is 3.15. The molecule has 2 aromatic rings. The first-order valence-electron chi connectivity index (χ1n) is 6.49. The molecule has 1 saturated heterocycles. The number of aliphatic carboxylic acids is 1. The van der Waals surface area contributed by atoms with Crippen molar-refractivity contribution in [2.24, 2.45) is 5.41 Å². The Balaban J connectivity index is 1.73. The van der Waals surface area contributed by atoms with Crippen molar-refractivity contribution in [3.05, 3.63) is 22.4 Å².